The lowest BCUT2D eigenvalue weighted by Crippen LogP contribution is -2.38. The molecule has 0 amide bonds. The van der Waals surface area contributed by atoms with Crippen LogP contribution in [-0.2, 0) is 17.9 Å². The molecule has 0 aliphatic rings. The van der Waals surface area contributed by atoms with E-state index in [-0.39, 0.29) is 18.1 Å². The molecule has 2 N–H and O–H groups in total. The van der Waals surface area contributed by atoms with Gasteiger partial charge in [-0.05, 0) is 38.1 Å². The number of carboxylic acid groups (broad SMARTS) is 1. The number of oxazole rings is 1. The number of rotatable bonds is 9. The maximum absolute atomic E-state index is 12.0. The molecular weight excluding hydrogens is 438 g/mol. The van der Waals surface area contributed by atoms with Crippen molar-refractivity contribution in [1.29, 1.82) is 0 Å². The summed E-state index contributed by atoms with van der Waals surface area (Å²) >= 11 is 0. The smallest absolute Gasteiger partial charge is 0.347 e. The summed E-state index contributed by atoms with van der Waals surface area (Å²) in [5.74, 6) is -0.469. The highest BCUT2D eigenvalue weighted by Crippen LogP contribution is 2.34. The van der Waals surface area contributed by atoms with Crippen LogP contribution in [-0.4, -0.2) is 26.6 Å². The van der Waals surface area contributed by atoms with Gasteiger partial charge in [-0.1, -0.05) is 42.5 Å². The first-order valence-electron chi connectivity index (χ1n) is 10.6. The molecule has 1 heterocycles. The van der Waals surface area contributed by atoms with Crippen molar-refractivity contribution in [2.75, 3.05) is 0 Å². The van der Waals surface area contributed by atoms with Crippen LogP contribution in [0.5, 0.6) is 5.75 Å². The number of aromatic nitrogens is 1. The molecule has 0 aliphatic carbocycles. The van der Waals surface area contributed by atoms with Crippen molar-refractivity contribution < 1.29 is 24.0 Å². The Bertz CT molecular complexity index is 1330. The largest absolute Gasteiger partial charge is 0.478 e. The number of aliphatic carboxylic acids is 1. The molecule has 0 unspecified atom stereocenters. The van der Waals surface area contributed by atoms with Crippen molar-refractivity contribution in [3.63, 3.8) is 0 Å². The molecule has 34 heavy (non-hydrogen) atoms. The third-order valence-corrected chi connectivity index (χ3v) is 5.31. The predicted octanol–water partition coefficient (Wildman–Crippen LogP) is 4.93. The van der Waals surface area contributed by atoms with Gasteiger partial charge in [0.25, 0.3) is 5.69 Å². The number of ether oxygens (including phenoxy) is 1. The maximum Gasteiger partial charge on any atom is 0.347 e. The van der Waals surface area contributed by atoms with E-state index in [2.05, 4.69) is 10.3 Å². The van der Waals surface area contributed by atoms with Crippen LogP contribution >= 0.6 is 0 Å². The van der Waals surface area contributed by atoms with E-state index >= 15 is 0 Å². The van der Waals surface area contributed by atoms with Gasteiger partial charge in [0.05, 0.1) is 4.92 Å². The molecule has 0 saturated carbocycles. The van der Waals surface area contributed by atoms with Gasteiger partial charge in [-0.3, -0.25) is 10.1 Å². The molecule has 0 spiro atoms. The van der Waals surface area contributed by atoms with Gasteiger partial charge < -0.3 is 19.6 Å². The van der Waals surface area contributed by atoms with Crippen LogP contribution in [0.1, 0.15) is 25.0 Å². The number of nitro groups is 1. The molecule has 0 saturated heterocycles. The lowest BCUT2D eigenvalue weighted by molar-refractivity contribution is -0.385. The standard InChI is InChI=1S/C25H23N3O6/c1-25(2,24(29)30)34-20-12-5-3-8-16(20)14-26-15-17-9-7-10-18(22(17)28(31)32)23-27-19-11-4-6-13-21(19)33-23/h3-13,26H,14-15H2,1-2H3,(H,29,30). The Morgan fingerprint density at radius 2 is 1.74 bits per heavy atom. The molecule has 4 rings (SSSR count). The normalized spacial score (nSPS) is 11.5. The first kappa shape index (κ1) is 22.9. The van der Waals surface area contributed by atoms with Gasteiger partial charge in [0.1, 0.15) is 16.8 Å². The zero-order valence-corrected chi connectivity index (χ0v) is 18.6. The maximum atomic E-state index is 12.0. The molecule has 1 aromatic heterocycles. The van der Waals surface area contributed by atoms with Crippen molar-refractivity contribution in [1.82, 2.24) is 10.3 Å². The Morgan fingerprint density at radius 1 is 1.06 bits per heavy atom. The van der Waals surface area contributed by atoms with Crippen LogP contribution in [0.15, 0.2) is 71.1 Å². The van der Waals surface area contributed by atoms with Gasteiger partial charge in [0, 0.05) is 24.2 Å². The summed E-state index contributed by atoms with van der Waals surface area (Å²) in [4.78, 5) is 27.4. The van der Waals surface area contributed by atoms with Crippen LogP contribution in [0.2, 0.25) is 0 Å². The summed E-state index contributed by atoms with van der Waals surface area (Å²) in [6.45, 7) is 3.46. The van der Waals surface area contributed by atoms with E-state index in [9.17, 15) is 20.0 Å². The number of benzene rings is 3. The summed E-state index contributed by atoms with van der Waals surface area (Å²) < 4.78 is 11.5. The number of nitrogens with zero attached hydrogens (tertiary/aromatic N) is 2. The average molecular weight is 461 g/mol. The third-order valence-electron chi connectivity index (χ3n) is 5.31. The van der Waals surface area contributed by atoms with E-state index < -0.39 is 16.5 Å². The van der Waals surface area contributed by atoms with Gasteiger partial charge in [0.2, 0.25) is 5.89 Å². The fraction of sp³-hybridized carbons (Fsp3) is 0.200. The van der Waals surface area contributed by atoms with Gasteiger partial charge in [-0.15, -0.1) is 0 Å². The quantitative estimate of drug-likeness (QED) is 0.265. The van der Waals surface area contributed by atoms with Crippen LogP contribution in [0, 0.1) is 10.1 Å². The third kappa shape index (κ3) is 4.74. The Morgan fingerprint density at radius 3 is 2.47 bits per heavy atom. The van der Waals surface area contributed by atoms with E-state index in [4.69, 9.17) is 9.15 Å². The first-order chi connectivity index (χ1) is 16.3. The molecule has 0 radical (unpaired) electrons. The number of hydrogen-bond donors (Lipinski definition) is 2. The second-order valence-corrected chi connectivity index (χ2v) is 8.19. The van der Waals surface area contributed by atoms with Gasteiger partial charge in [-0.25, -0.2) is 9.78 Å². The summed E-state index contributed by atoms with van der Waals surface area (Å²) in [6.07, 6.45) is 0. The summed E-state index contributed by atoms with van der Waals surface area (Å²) in [6, 6.07) is 19.3. The Labute approximate surface area is 195 Å². The summed E-state index contributed by atoms with van der Waals surface area (Å²) in [5.41, 5.74) is 1.18. The van der Waals surface area contributed by atoms with Crippen LogP contribution in [0.25, 0.3) is 22.6 Å². The Kier molecular flexibility index (Phi) is 6.29. The number of fused-ring (bicyclic) bond motifs is 1. The zero-order valence-electron chi connectivity index (χ0n) is 18.6. The molecule has 3 aromatic carbocycles. The molecule has 0 aliphatic heterocycles. The molecule has 9 heteroatoms. The number of nitro benzene ring substituents is 1. The highest BCUT2D eigenvalue weighted by molar-refractivity contribution is 5.79. The molecule has 0 fully saturated rings. The summed E-state index contributed by atoms with van der Waals surface area (Å²) in [7, 11) is 0. The average Bonchev–Trinajstić information content (AvgIpc) is 3.24. The minimum Gasteiger partial charge on any atom is -0.478 e. The van der Waals surface area contributed by atoms with Crippen LogP contribution in [0.4, 0.5) is 5.69 Å². The van der Waals surface area contributed by atoms with E-state index in [1.54, 1.807) is 42.5 Å². The molecule has 9 nitrogen and oxygen atoms in total. The topological polar surface area (TPSA) is 128 Å². The number of carbonyl (C=O) groups is 1. The van der Waals surface area contributed by atoms with Crippen LogP contribution in [0.3, 0.4) is 0 Å². The van der Waals surface area contributed by atoms with Crippen molar-refractivity contribution in [2.24, 2.45) is 0 Å². The number of para-hydroxylation sites is 4. The molecular formula is C25H23N3O6. The molecule has 4 aromatic rings. The lowest BCUT2D eigenvalue weighted by Gasteiger charge is -2.23. The number of hydrogen-bond acceptors (Lipinski definition) is 7. The second kappa shape index (κ2) is 9.32. The van der Waals surface area contributed by atoms with Crippen molar-refractivity contribution in [3.8, 4) is 17.2 Å². The second-order valence-electron chi connectivity index (χ2n) is 8.19. The van der Waals surface area contributed by atoms with Crippen molar-refractivity contribution >= 4 is 22.8 Å². The van der Waals surface area contributed by atoms with Crippen molar-refractivity contribution in [2.45, 2.75) is 32.5 Å². The fourth-order valence-corrected chi connectivity index (χ4v) is 3.51. The Hall–Kier alpha value is -4.24. The van der Waals surface area contributed by atoms with Gasteiger partial charge in [-0.2, -0.15) is 0 Å². The number of nitrogens with one attached hydrogen (secondary N) is 1. The van der Waals surface area contributed by atoms with E-state index in [1.807, 2.05) is 24.3 Å². The zero-order chi connectivity index (χ0) is 24.3. The van der Waals surface area contributed by atoms with E-state index in [0.717, 1.165) is 5.56 Å². The summed E-state index contributed by atoms with van der Waals surface area (Å²) in [5, 5.41) is 24.5. The van der Waals surface area contributed by atoms with Crippen LogP contribution < -0.4 is 10.1 Å². The molecule has 0 bridgehead atoms. The highest BCUT2D eigenvalue weighted by Gasteiger charge is 2.30. The van der Waals surface area contributed by atoms with E-state index in [0.29, 0.717) is 34.5 Å². The lowest BCUT2D eigenvalue weighted by atomic mass is 10.1. The minimum atomic E-state index is -1.40. The SMILES string of the molecule is CC(C)(Oc1ccccc1CNCc1cccc(-c2nc3ccccc3o2)c1[N+](=O)[O-])C(=O)O. The minimum absolute atomic E-state index is 0.0851. The molecule has 0 atom stereocenters. The number of carboxylic acids is 1. The highest BCUT2D eigenvalue weighted by atomic mass is 16.6. The Balaban J connectivity index is 1.56. The predicted molar refractivity (Wildman–Crippen MR) is 125 cm³/mol. The van der Waals surface area contributed by atoms with Gasteiger partial charge >= 0.3 is 5.97 Å². The monoisotopic (exact) mass is 461 g/mol. The van der Waals surface area contributed by atoms with Crippen molar-refractivity contribution in [3.05, 3.63) is 88.0 Å². The fourth-order valence-electron chi connectivity index (χ4n) is 3.51. The van der Waals surface area contributed by atoms with E-state index in [1.165, 1.54) is 13.8 Å². The van der Waals surface area contributed by atoms with Gasteiger partial charge in [0.15, 0.2) is 11.2 Å². The molecule has 174 valence electrons. The first-order valence-corrected chi connectivity index (χ1v) is 10.6.